The molecule has 0 aliphatic heterocycles. The van der Waals surface area contributed by atoms with E-state index in [-0.39, 0.29) is 11.6 Å². The van der Waals surface area contributed by atoms with Crippen LogP contribution in [0.1, 0.15) is 40.4 Å². The molecule has 0 spiro atoms. The van der Waals surface area contributed by atoms with E-state index in [2.05, 4.69) is 5.32 Å². The van der Waals surface area contributed by atoms with Crippen molar-refractivity contribution in [3.63, 3.8) is 0 Å². The second kappa shape index (κ2) is 5.67. The van der Waals surface area contributed by atoms with Crippen LogP contribution >= 0.6 is 11.6 Å². The fraction of sp³-hybridized carbons (Fsp3) is 0.267. The van der Waals surface area contributed by atoms with Gasteiger partial charge in [0.25, 0.3) is 5.91 Å². The van der Waals surface area contributed by atoms with Crippen molar-refractivity contribution in [2.24, 2.45) is 0 Å². The Kier molecular flexibility index (Phi) is 4.14. The standard InChI is InChI=1S/C15H15ClFNO2/c1-8-6-12(10(3)20-8)9(2)18-15(19)13-7-11(16)4-5-14(13)17/h4-7,9H,1-3H3,(H,18,19). The van der Waals surface area contributed by atoms with Gasteiger partial charge in [-0.25, -0.2) is 4.39 Å². The summed E-state index contributed by atoms with van der Waals surface area (Å²) in [4.78, 5) is 12.1. The van der Waals surface area contributed by atoms with Crippen LogP contribution in [-0.2, 0) is 0 Å². The van der Waals surface area contributed by atoms with Crippen LogP contribution in [0.4, 0.5) is 4.39 Å². The van der Waals surface area contributed by atoms with E-state index < -0.39 is 11.7 Å². The molecule has 0 fully saturated rings. The Hall–Kier alpha value is -1.81. The predicted molar refractivity (Wildman–Crippen MR) is 75.5 cm³/mol. The van der Waals surface area contributed by atoms with Gasteiger partial charge in [-0.3, -0.25) is 4.79 Å². The Morgan fingerprint density at radius 2 is 2.05 bits per heavy atom. The van der Waals surface area contributed by atoms with E-state index in [1.807, 2.05) is 26.8 Å². The lowest BCUT2D eigenvalue weighted by Gasteiger charge is -2.13. The zero-order valence-electron chi connectivity index (χ0n) is 11.5. The van der Waals surface area contributed by atoms with E-state index in [0.717, 1.165) is 17.1 Å². The van der Waals surface area contributed by atoms with E-state index >= 15 is 0 Å². The van der Waals surface area contributed by atoms with E-state index in [0.29, 0.717) is 5.02 Å². The maximum atomic E-state index is 13.6. The maximum Gasteiger partial charge on any atom is 0.254 e. The van der Waals surface area contributed by atoms with Crippen molar-refractivity contribution in [2.75, 3.05) is 0 Å². The highest BCUT2D eigenvalue weighted by atomic mass is 35.5. The molecule has 1 aromatic carbocycles. The number of rotatable bonds is 3. The van der Waals surface area contributed by atoms with Gasteiger partial charge in [-0.1, -0.05) is 11.6 Å². The number of amides is 1. The lowest BCUT2D eigenvalue weighted by molar-refractivity contribution is 0.0935. The number of carbonyl (C=O) groups is 1. The molecular formula is C15H15ClFNO2. The fourth-order valence-electron chi connectivity index (χ4n) is 2.10. The smallest absolute Gasteiger partial charge is 0.254 e. The van der Waals surface area contributed by atoms with Crippen LogP contribution in [0, 0.1) is 19.7 Å². The van der Waals surface area contributed by atoms with Gasteiger partial charge in [0.2, 0.25) is 0 Å². The van der Waals surface area contributed by atoms with Crippen molar-refractivity contribution in [3.8, 4) is 0 Å². The Bertz CT molecular complexity index is 651. The number of furan rings is 1. The lowest BCUT2D eigenvalue weighted by atomic mass is 10.1. The predicted octanol–water partition coefficient (Wildman–Crippen LogP) is 4.18. The first-order valence-electron chi connectivity index (χ1n) is 6.21. The molecule has 0 saturated carbocycles. The number of halogens is 2. The molecule has 0 aliphatic carbocycles. The fourth-order valence-corrected chi connectivity index (χ4v) is 2.28. The van der Waals surface area contributed by atoms with Crippen LogP contribution in [0.15, 0.2) is 28.7 Å². The summed E-state index contributed by atoms with van der Waals surface area (Å²) in [6.45, 7) is 5.48. The number of aryl methyl sites for hydroxylation is 2. The van der Waals surface area contributed by atoms with Crippen molar-refractivity contribution >= 4 is 17.5 Å². The van der Waals surface area contributed by atoms with Crippen molar-refractivity contribution in [1.82, 2.24) is 5.32 Å². The summed E-state index contributed by atoms with van der Waals surface area (Å²) in [6.07, 6.45) is 0. The molecule has 3 nitrogen and oxygen atoms in total. The second-order valence-electron chi connectivity index (χ2n) is 4.69. The molecule has 1 unspecified atom stereocenters. The van der Waals surface area contributed by atoms with Crippen molar-refractivity contribution in [3.05, 3.63) is 57.8 Å². The highest BCUT2D eigenvalue weighted by Gasteiger charge is 2.18. The summed E-state index contributed by atoms with van der Waals surface area (Å²) in [6, 6.07) is 5.47. The SMILES string of the molecule is Cc1cc(C(C)NC(=O)c2cc(Cl)ccc2F)c(C)o1. The molecule has 1 amide bonds. The third-order valence-electron chi connectivity index (χ3n) is 3.07. The Morgan fingerprint density at radius 3 is 2.65 bits per heavy atom. The van der Waals surface area contributed by atoms with E-state index in [9.17, 15) is 9.18 Å². The van der Waals surface area contributed by atoms with Crippen LogP contribution in [0.2, 0.25) is 5.02 Å². The number of carbonyl (C=O) groups excluding carboxylic acids is 1. The summed E-state index contributed by atoms with van der Waals surface area (Å²) >= 11 is 5.78. The molecule has 2 aromatic rings. The molecule has 0 bridgehead atoms. The molecule has 1 atom stereocenters. The molecule has 0 saturated heterocycles. The minimum atomic E-state index is -0.598. The van der Waals surface area contributed by atoms with Gasteiger partial charge in [0.15, 0.2) is 0 Å². The van der Waals surface area contributed by atoms with Crippen LogP contribution in [0.3, 0.4) is 0 Å². The van der Waals surface area contributed by atoms with Gasteiger partial charge in [-0.15, -0.1) is 0 Å². The molecule has 20 heavy (non-hydrogen) atoms. The van der Waals surface area contributed by atoms with Gasteiger partial charge in [-0.05, 0) is 45.0 Å². The highest BCUT2D eigenvalue weighted by molar-refractivity contribution is 6.31. The zero-order valence-corrected chi connectivity index (χ0v) is 12.2. The normalized spacial score (nSPS) is 12.2. The molecule has 0 aliphatic rings. The molecule has 106 valence electrons. The summed E-state index contributed by atoms with van der Waals surface area (Å²) in [5.74, 6) is 0.407. The van der Waals surface area contributed by atoms with Crippen LogP contribution < -0.4 is 5.32 Å². The van der Waals surface area contributed by atoms with Gasteiger partial charge >= 0.3 is 0 Å². The summed E-state index contributed by atoms with van der Waals surface area (Å²) in [5, 5.41) is 3.06. The highest BCUT2D eigenvalue weighted by Crippen LogP contribution is 2.22. The molecule has 1 aromatic heterocycles. The second-order valence-corrected chi connectivity index (χ2v) is 5.12. The summed E-state index contributed by atoms with van der Waals surface area (Å²) < 4.78 is 19.0. The Morgan fingerprint density at radius 1 is 1.35 bits per heavy atom. The van der Waals surface area contributed by atoms with Crippen LogP contribution in [0.25, 0.3) is 0 Å². The number of nitrogens with one attached hydrogen (secondary N) is 1. The third kappa shape index (κ3) is 3.02. The van der Waals surface area contributed by atoms with Gasteiger partial charge in [0.05, 0.1) is 11.6 Å². The summed E-state index contributed by atoms with van der Waals surface area (Å²) in [5.41, 5.74) is 0.806. The van der Waals surface area contributed by atoms with Gasteiger partial charge < -0.3 is 9.73 Å². The van der Waals surface area contributed by atoms with E-state index in [4.69, 9.17) is 16.0 Å². The molecule has 1 N–H and O–H groups in total. The molecule has 0 radical (unpaired) electrons. The maximum absolute atomic E-state index is 13.6. The molecule has 2 rings (SSSR count). The van der Waals surface area contributed by atoms with Crippen molar-refractivity contribution in [1.29, 1.82) is 0 Å². The third-order valence-corrected chi connectivity index (χ3v) is 3.30. The monoisotopic (exact) mass is 295 g/mol. The first-order valence-corrected chi connectivity index (χ1v) is 6.59. The number of benzene rings is 1. The van der Waals surface area contributed by atoms with Crippen LogP contribution in [-0.4, -0.2) is 5.91 Å². The van der Waals surface area contributed by atoms with E-state index in [1.54, 1.807) is 0 Å². The Labute approximate surface area is 121 Å². The Balaban J connectivity index is 2.19. The first-order chi connectivity index (χ1) is 9.38. The van der Waals surface area contributed by atoms with Crippen LogP contribution in [0.5, 0.6) is 0 Å². The number of hydrogen-bond donors (Lipinski definition) is 1. The van der Waals surface area contributed by atoms with Gasteiger partial charge in [0, 0.05) is 10.6 Å². The lowest BCUT2D eigenvalue weighted by Crippen LogP contribution is -2.27. The van der Waals surface area contributed by atoms with E-state index in [1.165, 1.54) is 18.2 Å². The molecule has 1 heterocycles. The van der Waals surface area contributed by atoms with Gasteiger partial charge in [-0.2, -0.15) is 0 Å². The van der Waals surface area contributed by atoms with Crippen molar-refractivity contribution < 1.29 is 13.6 Å². The van der Waals surface area contributed by atoms with Crippen molar-refractivity contribution in [2.45, 2.75) is 26.8 Å². The first kappa shape index (κ1) is 14.6. The minimum absolute atomic E-state index is 0.0674. The van der Waals surface area contributed by atoms with Gasteiger partial charge in [0.1, 0.15) is 17.3 Å². The zero-order chi connectivity index (χ0) is 14.9. The number of hydrogen-bond acceptors (Lipinski definition) is 2. The topological polar surface area (TPSA) is 42.2 Å². The molecular weight excluding hydrogens is 281 g/mol. The average Bonchev–Trinajstić information content (AvgIpc) is 2.71. The minimum Gasteiger partial charge on any atom is -0.466 e. The summed E-state index contributed by atoms with van der Waals surface area (Å²) in [7, 11) is 0. The average molecular weight is 296 g/mol. The quantitative estimate of drug-likeness (QED) is 0.923. The largest absolute Gasteiger partial charge is 0.466 e. The molecule has 5 heteroatoms.